The average Bonchev–Trinajstić information content (AvgIpc) is 2.31. The van der Waals surface area contributed by atoms with Gasteiger partial charge in [0.2, 0.25) is 0 Å². The minimum absolute atomic E-state index is 0.553. The Balaban J connectivity index is 2.78. The van der Waals surface area contributed by atoms with E-state index in [4.69, 9.17) is 5.73 Å². The van der Waals surface area contributed by atoms with Gasteiger partial charge >= 0.3 is 0 Å². The monoisotopic (exact) mass is 221 g/mol. The highest BCUT2D eigenvalue weighted by molar-refractivity contribution is 5.48. The second-order valence-electron chi connectivity index (χ2n) is 4.25. The molecule has 0 aliphatic heterocycles. The van der Waals surface area contributed by atoms with E-state index in [1.165, 1.54) is 18.5 Å². The molecule has 0 aliphatic rings. The van der Waals surface area contributed by atoms with Gasteiger partial charge in [0.25, 0.3) is 0 Å². The van der Waals surface area contributed by atoms with Crippen molar-refractivity contribution >= 4 is 11.5 Å². The number of pyridine rings is 1. The Kier molecular flexibility index (Phi) is 5.09. The molecule has 3 heteroatoms. The van der Waals surface area contributed by atoms with Crippen molar-refractivity contribution in [3.8, 4) is 0 Å². The number of nitrogens with zero attached hydrogens (tertiary/aromatic N) is 2. The van der Waals surface area contributed by atoms with Crippen LogP contribution < -0.4 is 10.6 Å². The van der Waals surface area contributed by atoms with Crippen LogP contribution in [0.4, 0.5) is 11.5 Å². The lowest BCUT2D eigenvalue weighted by atomic mass is 10.2. The highest BCUT2D eigenvalue weighted by Gasteiger charge is 2.12. The van der Waals surface area contributed by atoms with Crippen molar-refractivity contribution in [2.45, 2.75) is 46.1 Å². The van der Waals surface area contributed by atoms with Gasteiger partial charge in [-0.2, -0.15) is 0 Å². The summed E-state index contributed by atoms with van der Waals surface area (Å²) in [5.41, 5.74) is 6.78. The Morgan fingerprint density at radius 1 is 1.38 bits per heavy atom. The minimum Gasteiger partial charge on any atom is -0.384 e. The first kappa shape index (κ1) is 12.8. The second kappa shape index (κ2) is 6.36. The molecule has 0 saturated heterocycles. The fourth-order valence-electron chi connectivity index (χ4n) is 1.72. The summed E-state index contributed by atoms with van der Waals surface area (Å²) < 4.78 is 0. The lowest BCUT2D eigenvalue weighted by Crippen LogP contribution is -2.33. The van der Waals surface area contributed by atoms with Crippen LogP contribution in [0.1, 0.15) is 40.0 Å². The van der Waals surface area contributed by atoms with Crippen LogP contribution in [0.5, 0.6) is 0 Å². The third-order valence-electron chi connectivity index (χ3n) is 2.98. The van der Waals surface area contributed by atoms with Crippen molar-refractivity contribution in [1.82, 2.24) is 4.98 Å². The Labute approximate surface area is 98.7 Å². The van der Waals surface area contributed by atoms with Gasteiger partial charge in [0, 0.05) is 12.6 Å². The number of hydrogen-bond acceptors (Lipinski definition) is 3. The molecule has 16 heavy (non-hydrogen) atoms. The number of anilines is 2. The molecule has 0 fully saturated rings. The maximum atomic E-state index is 5.61. The van der Waals surface area contributed by atoms with Gasteiger partial charge in [-0.25, -0.2) is 4.98 Å². The van der Waals surface area contributed by atoms with Crippen LogP contribution >= 0.6 is 0 Å². The Bertz CT molecular complexity index is 295. The zero-order chi connectivity index (χ0) is 12.0. The molecule has 1 rings (SSSR count). The van der Waals surface area contributed by atoms with E-state index in [1.807, 2.05) is 12.3 Å². The third-order valence-corrected chi connectivity index (χ3v) is 2.98. The second-order valence-corrected chi connectivity index (χ2v) is 4.25. The number of nitrogen functional groups attached to an aromatic ring is 1. The molecular formula is C13H23N3. The molecule has 1 aromatic rings. The number of unbranched alkanes of at least 4 members (excludes halogenated alkanes) is 1. The predicted octanol–water partition coefficient (Wildman–Crippen LogP) is 3.07. The van der Waals surface area contributed by atoms with E-state index in [1.54, 1.807) is 0 Å². The van der Waals surface area contributed by atoms with Crippen LogP contribution in [-0.4, -0.2) is 17.6 Å². The number of aromatic nitrogens is 1. The molecule has 1 unspecified atom stereocenters. The van der Waals surface area contributed by atoms with Gasteiger partial charge < -0.3 is 10.6 Å². The standard InChI is InChI=1S/C13H23N3/c1-4-6-9-16(11(3)5-2)12-7-8-13(14)15-10-12/h7-8,10-11H,4-6,9H2,1-3H3,(H2,14,15). The summed E-state index contributed by atoms with van der Waals surface area (Å²) >= 11 is 0. The predicted molar refractivity (Wildman–Crippen MR) is 70.7 cm³/mol. The summed E-state index contributed by atoms with van der Waals surface area (Å²) in [5.74, 6) is 0.586. The van der Waals surface area contributed by atoms with Crippen LogP contribution in [0.3, 0.4) is 0 Å². The average molecular weight is 221 g/mol. The Morgan fingerprint density at radius 3 is 2.62 bits per heavy atom. The maximum absolute atomic E-state index is 5.61. The quantitative estimate of drug-likeness (QED) is 0.802. The fourth-order valence-corrected chi connectivity index (χ4v) is 1.72. The molecular weight excluding hydrogens is 198 g/mol. The number of rotatable bonds is 6. The van der Waals surface area contributed by atoms with Crippen molar-refractivity contribution in [2.24, 2.45) is 0 Å². The fraction of sp³-hybridized carbons (Fsp3) is 0.615. The van der Waals surface area contributed by atoms with Crippen LogP contribution in [0.2, 0.25) is 0 Å². The van der Waals surface area contributed by atoms with Gasteiger partial charge in [-0.15, -0.1) is 0 Å². The van der Waals surface area contributed by atoms with E-state index in [0.29, 0.717) is 11.9 Å². The van der Waals surface area contributed by atoms with Crippen molar-refractivity contribution in [2.75, 3.05) is 17.2 Å². The molecule has 0 bridgehead atoms. The number of nitrogens with two attached hydrogens (primary N) is 1. The van der Waals surface area contributed by atoms with Gasteiger partial charge in [-0.05, 0) is 31.9 Å². The summed E-state index contributed by atoms with van der Waals surface area (Å²) in [5, 5.41) is 0. The molecule has 0 amide bonds. The Morgan fingerprint density at radius 2 is 2.12 bits per heavy atom. The van der Waals surface area contributed by atoms with E-state index in [-0.39, 0.29) is 0 Å². The van der Waals surface area contributed by atoms with Gasteiger partial charge in [0.1, 0.15) is 5.82 Å². The molecule has 1 aromatic heterocycles. The van der Waals surface area contributed by atoms with Crippen molar-refractivity contribution in [1.29, 1.82) is 0 Å². The molecule has 0 spiro atoms. The van der Waals surface area contributed by atoms with Gasteiger partial charge in [0.15, 0.2) is 0 Å². The molecule has 0 radical (unpaired) electrons. The molecule has 2 N–H and O–H groups in total. The first-order valence-electron chi connectivity index (χ1n) is 6.17. The first-order chi connectivity index (χ1) is 7.69. The van der Waals surface area contributed by atoms with Gasteiger partial charge in [-0.1, -0.05) is 20.3 Å². The smallest absolute Gasteiger partial charge is 0.123 e. The third kappa shape index (κ3) is 3.40. The highest BCUT2D eigenvalue weighted by Crippen LogP contribution is 2.19. The zero-order valence-corrected chi connectivity index (χ0v) is 10.6. The normalized spacial score (nSPS) is 12.4. The first-order valence-corrected chi connectivity index (χ1v) is 6.17. The van der Waals surface area contributed by atoms with E-state index in [2.05, 4.69) is 36.7 Å². The van der Waals surface area contributed by atoms with Crippen LogP contribution in [-0.2, 0) is 0 Å². The van der Waals surface area contributed by atoms with Gasteiger partial charge in [-0.3, -0.25) is 0 Å². The molecule has 1 heterocycles. The lowest BCUT2D eigenvalue weighted by Gasteiger charge is -2.30. The Hall–Kier alpha value is -1.25. The van der Waals surface area contributed by atoms with E-state index in [9.17, 15) is 0 Å². The zero-order valence-electron chi connectivity index (χ0n) is 10.6. The molecule has 1 atom stereocenters. The molecule has 90 valence electrons. The largest absolute Gasteiger partial charge is 0.384 e. The van der Waals surface area contributed by atoms with E-state index < -0.39 is 0 Å². The van der Waals surface area contributed by atoms with E-state index in [0.717, 1.165) is 13.0 Å². The summed E-state index contributed by atoms with van der Waals surface area (Å²) in [6, 6.07) is 4.48. The summed E-state index contributed by atoms with van der Waals surface area (Å²) in [4.78, 5) is 6.57. The topological polar surface area (TPSA) is 42.1 Å². The van der Waals surface area contributed by atoms with Crippen LogP contribution in [0.15, 0.2) is 18.3 Å². The SMILES string of the molecule is CCCCN(c1ccc(N)nc1)C(C)CC. The van der Waals surface area contributed by atoms with Crippen LogP contribution in [0, 0.1) is 0 Å². The molecule has 3 nitrogen and oxygen atoms in total. The molecule has 0 aliphatic carbocycles. The summed E-state index contributed by atoms with van der Waals surface area (Å²) in [6.07, 6.45) is 5.45. The van der Waals surface area contributed by atoms with E-state index >= 15 is 0 Å². The minimum atomic E-state index is 0.553. The van der Waals surface area contributed by atoms with Crippen molar-refractivity contribution < 1.29 is 0 Å². The summed E-state index contributed by atoms with van der Waals surface area (Å²) in [7, 11) is 0. The van der Waals surface area contributed by atoms with Crippen molar-refractivity contribution in [3.63, 3.8) is 0 Å². The molecule has 0 saturated carbocycles. The van der Waals surface area contributed by atoms with Gasteiger partial charge in [0.05, 0.1) is 11.9 Å². The highest BCUT2D eigenvalue weighted by atomic mass is 15.2. The van der Waals surface area contributed by atoms with Crippen molar-refractivity contribution in [3.05, 3.63) is 18.3 Å². The maximum Gasteiger partial charge on any atom is 0.123 e. The number of hydrogen-bond donors (Lipinski definition) is 1. The molecule has 0 aromatic carbocycles. The van der Waals surface area contributed by atoms with Crippen LogP contribution in [0.25, 0.3) is 0 Å². The lowest BCUT2D eigenvalue weighted by molar-refractivity contribution is 0.595. The summed E-state index contributed by atoms with van der Waals surface area (Å²) in [6.45, 7) is 7.79.